The van der Waals surface area contributed by atoms with E-state index in [0.717, 1.165) is 5.39 Å². The van der Waals surface area contributed by atoms with Crippen LogP contribution in [0.25, 0.3) is 33.3 Å². The molecule has 0 atom stereocenters. The number of halogens is 1. The maximum absolute atomic E-state index is 12.1. The van der Waals surface area contributed by atoms with Gasteiger partial charge in [-0.15, -0.1) is 0 Å². The molecule has 0 amide bonds. The lowest BCUT2D eigenvalue weighted by molar-refractivity contribution is 0.474. The predicted octanol–water partition coefficient (Wildman–Crippen LogP) is 3.81. The lowest BCUT2D eigenvalue weighted by Crippen LogP contribution is -2.03. The van der Waals surface area contributed by atoms with Crippen molar-refractivity contribution in [2.75, 3.05) is 0 Å². The highest BCUT2D eigenvalue weighted by molar-refractivity contribution is 6.32. The van der Waals surface area contributed by atoms with Gasteiger partial charge in [-0.3, -0.25) is 4.79 Å². The van der Waals surface area contributed by atoms with Gasteiger partial charge in [0.05, 0.1) is 5.02 Å². The molecule has 4 rings (SSSR count). The highest BCUT2D eigenvalue weighted by atomic mass is 35.5. The van der Waals surface area contributed by atoms with Crippen LogP contribution >= 0.6 is 11.6 Å². The molecule has 1 heterocycles. The van der Waals surface area contributed by atoms with E-state index < -0.39 is 0 Å². The van der Waals surface area contributed by atoms with Gasteiger partial charge in [0.2, 0.25) is 0 Å². The molecule has 2 aromatic carbocycles. The van der Waals surface area contributed by atoms with Crippen molar-refractivity contribution >= 4 is 33.5 Å². The molecule has 4 nitrogen and oxygen atoms in total. The monoisotopic (exact) mass is 297 g/mol. The van der Waals surface area contributed by atoms with E-state index in [1.807, 2.05) is 18.2 Å². The van der Waals surface area contributed by atoms with Crippen molar-refractivity contribution in [3.05, 3.63) is 57.7 Å². The van der Waals surface area contributed by atoms with Crippen LogP contribution in [0.3, 0.4) is 0 Å². The quantitative estimate of drug-likeness (QED) is 0.396. The van der Waals surface area contributed by atoms with Crippen molar-refractivity contribution in [3.8, 4) is 17.2 Å². The molecule has 1 aliphatic heterocycles. The zero-order chi connectivity index (χ0) is 14.6. The molecule has 1 N–H and O–H groups in total. The Balaban J connectivity index is 2.24. The third kappa shape index (κ3) is 1.76. The van der Waals surface area contributed by atoms with E-state index in [1.165, 1.54) is 18.2 Å². The van der Waals surface area contributed by atoms with Crippen molar-refractivity contribution in [1.82, 2.24) is 4.98 Å². The van der Waals surface area contributed by atoms with Crippen molar-refractivity contribution in [2.45, 2.75) is 0 Å². The van der Waals surface area contributed by atoms with Crippen LogP contribution in [0.1, 0.15) is 0 Å². The molecule has 0 unspecified atom stereocenters. The lowest BCUT2D eigenvalue weighted by atomic mass is 10.0. The molecule has 0 saturated carbocycles. The number of hydrogen-bond donors (Lipinski definition) is 1. The lowest BCUT2D eigenvalue weighted by Gasteiger charge is -2.09. The van der Waals surface area contributed by atoms with Gasteiger partial charge in [0.1, 0.15) is 17.0 Å². The maximum Gasteiger partial charge on any atom is 0.190 e. The minimum absolute atomic E-state index is 0.0859. The molecule has 0 spiro atoms. The Labute approximate surface area is 123 Å². The Bertz CT molecular complexity index is 1040. The molecule has 1 aliphatic carbocycles. The highest BCUT2D eigenvalue weighted by Crippen LogP contribution is 2.33. The van der Waals surface area contributed by atoms with Gasteiger partial charge in [-0.1, -0.05) is 35.9 Å². The SMILES string of the molecule is O=c1cc2oc3cc(O)c(Cl)cc3nc-2c2ccccc12. The van der Waals surface area contributed by atoms with Gasteiger partial charge in [0.25, 0.3) is 0 Å². The van der Waals surface area contributed by atoms with Crippen molar-refractivity contribution in [2.24, 2.45) is 0 Å². The molecular weight excluding hydrogens is 290 g/mol. The van der Waals surface area contributed by atoms with E-state index in [9.17, 15) is 9.90 Å². The molecule has 21 heavy (non-hydrogen) atoms. The fourth-order valence-corrected chi connectivity index (χ4v) is 2.59. The molecule has 2 aromatic rings. The summed E-state index contributed by atoms with van der Waals surface area (Å²) in [4.78, 5) is 16.6. The van der Waals surface area contributed by atoms with Crippen molar-refractivity contribution in [3.63, 3.8) is 0 Å². The van der Waals surface area contributed by atoms with E-state index >= 15 is 0 Å². The second-order valence-corrected chi connectivity index (χ2v) is 5.16. The zero-order valence-corrected chi connectivity index (χ0v) is 11.4. The van der Waals surface area contributed by atoms with Gasteiger partial charge >= 0.3 is 0 Å². The fraction of sp³-hybridized carbons (Fsp3) is 0. The molecule has 0 fully saturated rings. The Morgan fingerprint density at radius 3 is 2.67 bits per heavy atom. The number of hydrogen-bond acceptors (Lipinski definition) is 4. The van der Waals surface area contributed by atoms with Crippen LogP contribution < -0.4 is 5.43 Å². The van der Waals surface area contributed by atoms with Gasteiger partial charge < -0.3 is 9.52 Å². The first kappa shape index (κ1) is 12.2. The first-order chi connectivity index (χ1) is 10.1. The second kappa shape index (κ2) is 4.20. The van der Waals surface area contributed by atoms with Crippen LogP contribution in [0.4, 0.5) is 0 Å². The summed E-state index contributed by atoms with van der Waals surface area (Å²) < 4.78 is 5.69. The number of nitrogens with zero attached hydrogens (tertiary/aromatic N) is 1. The number of aromatic hydroxyl groups is 1. The zero-order valence-electron chi connectivity index (χ0n) is 10.6. The third-order valence-corrected chi connectivity index (χ3v) is 3.73. The number of benzene rings is 3. The number of phenols is 1. The minimum atomic E-state index is -0.124. The fourth-order valence-electron chi connectivity index (χ4n) is 2.44. The number of aromatic nitrogens is 1. The van der Waals surface area contributed by atoms with Crippen LogP contribution in [-0.4, -0.2) is 10.1 Å². The van der Waals surface area contributed by atoms with Crippen molar-refractivity contribution in [1.29, 1.82) is 0 Å². The molecule has 0 radical (unpaired) electrons. The number of rotatable bonds is 0. The van der Waals surface area contributed by atoms with E-state index in [2.05, 4.69) is 4.98 Å². The summed E-state index contributed by atoms with van der Waals surface area (Å²) in [6.07, 6.45) is 0. The first-order valence-electron chi connectivity index (χ1n) is 6.28. The summed E-state index contributed by atoms with van der Waals surface area (Å²) >= 11 is 5.90. The summed E-state index contributed by atoms with van der Waals surface area (Å²) in [5, 5.41) is 11.2. The summed E-state index contributed by atoms with van der Waals surface area (Å²) in [6, 6.07) is 11.6. The minimum Gasteiger partial charge on any atom is -0.506 e. The van der Waals surface area contributed by atoms with Gasteiger partial charge in [-0.05, 0) is 6.07 Å². The smallest absolute Gasteiger partial charge is 0.190 e. The highest BCUT2D eigenvalue weighted by Gasteiger charge is 2.16. The maximum atomic E-state index is 12.1. The van der Waals surface area contributed by atoms with Crippen LogP contribution in [0.15, 0.2) is 51.7 Å². The van der Waals surface area contributed by atoms with Gasteiger partial charge in [-0.2, -0.15) is 0 Å². The van der Waals surface area contributed by atoms with Crippen molar-refractivity contribution < 1.29 is 9.52 Å². The van der Waals surface area contributed by atoms with E-state index in [-0.39, 0.29) is 16.2 Å². The first-order valence-corrected chi connectivity index (χ1v) is 6.66. The number of phenolic OH excluding ortho intramolecular Hbond substituents is 1. The summed E-state index contributed by atoms with van der Waals surface area (Å²) in [7, 11) is 0. The molecular formula is C16H8ClNO3. The topological polar surface area (TPSA) is 63.3 Å². The van der Waals surface area contributed by atoms with Crippen LogP contribution in [0.5, 0.6) is 5.75 Å². The van der Waals surface area contributed by atoms with Crippen LogP contribution in [-0.2, 0) is 0 Å². The molecule has 0 aromatic heterocycles. The Morgan fingerprint density at radius 1 is 1.10 bits per heavy atom. The van der Waals surface area contributed by atoms with Gasteiger partial charge in [0.15, 0.2) is 16.8 Å². The van der Waals surface area contributed by atoms with Crippen LogP contribution in [0, 0.1) is 0 Å². The second-order valence-electron chi connectivity index (χ2n) is 4.75. The van der Waals surface area contributed by atoms with E-state index in [4.69, 9.17) is 16.0 Å². The normalized spacial score (nSPS) is 11.5. The Kier molecular flexibility index (Phi) is 2.43. The molecule has 5 heteroatoms. The van der Waals surface area contributed by atoms with Gasteiger partial charge in [0, 0.05) is 22.9 Å². The van der Waals surface area contributed by atoms with Gasteiger partial charge in [-0.25, -0.2) is 4.98 Å². The summed E-state index contributed by atoms with van der Waals surface area (Å²) in [5.41, 5.74) is 1.37. The average molecular weight is 298 g/mol. The molecule has 0 saturated heterocycles. The Morgan fingerprint density at radius 2 is 1.86 bits per heavy atom. The van der Waals surface area contributed by atoms with E-state index in [1.54, 1.807) is 6.07 Å². The van der Waals surface area contributed by atoms with E-state index in [0.29, 0.717) is 27.9 Å². The largest absolute Gasteiger partial charge is 0.506 e. The summed E-state index contributed by atoms with van der Waals surface area (Å²) in [5.74, 6) is 0.296. The summed E-state index contributed by atoms with van der Waals surface area (Å²) in [6.45, 7) is 0. The molecule has 102 valence electrons. The predicted molar refractivity (Wildman–Crippen MR) is 81.1 cm³/mol. The van der Waals surface area contributed by atoms with Crippen LogP contribution in [0.2, 0.25) is 5.02 Å². The molecule has 0 bridgehead atoms. The average Bonchev–Trinajstić information content (AvgIpc) is 2.48. The molecule has 2 aliphatic rings. The third-order valence-electron chi connectivity index (χ3n) is 3.42. The standard InChI is InChI=1S/C16H8ClNO3/c17-10-5-11-14(7-13(10)20)21-15-6-12(19)8-3-1-2-4-9(8)16(15)18-11/h1-7,20H. The Hall–Kier alpha value is -2.59. The number of fused-ring (bicyclic) bond motifs is 4.